The van der Waals surface area contributed by atoms with E-state index in [9.17, 15) is 4.79 Å². The van der Waals surface area contributed by atoms with Crippen molar-refractivity contribution in [1.29, 1.82) is 0 Å². The van der Waals surface area contributed by atoms with Crippen LogP contribution in [0.5, 0.6) is 0 Å². The summed E-state index contributed by atoms with van der Waals surface area (Å²) in [5.74, 6) is 1.32. The van der Waals surface area contributed by atoms with Crippen LogP contribution in [0.1, 0.15) is 11.3 Å². The first-order chi connectivity index (χ1) is 9.13. The first-order valence-electron chi connectivity index (χ1n) is 5.86. The summed E-state index contributed by atoms with van der Waals surface area (Å²) >= 11 is 1.66. The Morgan fingerprint density at radius 3 is 3.05 bits per heavy atom. The summed E-state index contributed by atoms with van der Waals surface area (Å²) in [4.78, 5) is 18.3. The fourth-order valence-electron chi connectivity index (χ4n) is 1.94. The van der Waals surface area contributed by atoms with Crippen molar-refractivity contribution >= 4 is 22.8 Å². The molecule has 0 spiro atoms. The zero-order valence-corrected chi connectivity index (χ0v) is 11.5. The quantitative estimate of drug-likeness (QED) is 0.736. The molecule has 3 heterocycles. The SMILES string of the molecule is Cc1cc2nc(N(C)Cc3ccsc3)cc(=O)n2o1. The lowest BCUT2D eigenvalue weighted by atomic mass is 10.3. The van der Waals surface area contributed by atoms with Gasteiger partial charge in [0, 0.05) is 25.7 Å². The van der Waals surface area contributed by atoms with E-state index in [1.165, 1.54) is 16.2 Å². The zero-order valence-electron chi connectivity index (χ0n) is 10.7. The molecule has 19 heavy (non-hydrogen) atoms. The minimum atomic E-state index is -0.203. The van der Waals surface area contributed by atoms with Crippen LogP contribution >= 0.6 is 11.3 Å². The Kier molecular flexibility index (Phi) is 2.87. The molecule has 0 unspecified atom stereocenters. The van der Waals surface area contributed by atoms with Gasteiger partial charge in [-0.3, -0.25) is 4.79 Å². The molecule has 0 atom stereocenters. The number of fused-ring (bicyclic) bond motifs is 1. The minimum absolute atomic E-state index is 0.203. The average Bonchev–Trinajstić information content (AvgIpc) is 2.97. The second-order valence-corrected chi connectivity index (χ2v) is 5.22. The highest BCUT2D eigenvalue weighted by molar-refractivity contribution is 7.07. The van der Waals surface area contributed by atoms with Crippen LogP contribution < -0.4 is 10.5 Å². The predicted molar refractivity (Wildman–Crippen MR) is 74.9 cm³/mol. The topological polar surface area (TPSA) is 50.8 Å². The summed E-state index contributed by atoms with van der Waals surface area (Å²) in [7, 11) is 1.92. The van der Waals surface area contributed by atoms with E-state index in [-0.39, 0.29) is 5.56 Å². The smallest absolute Gasteiger partial charge is 0.289 e. The van der Waals surface area contributed by atoms with Gasteiger partial charge in [-0.25, -0.2) is 4.98 Å². The summed E-state index contributed by atoms with van der Waals surface area (Å²) in [6.07, 6.45) is 0. The maximum Gasteiger partial charge on any atom is 0.289 e. The molecule has 0 bridgehead atoms. The molecule has 0 aromatic carbocycles. The van der Waals surface area contributed by atoms with Crippen LogP contribution in [-0.2, 0) is 6.54 Å². The number of aromatic nitrogens is 2. The van der Waals surface area contributed by atoms with Crippen molar-refractivity contribution in [2.75, 3.05) is 11.9 Å². The largest absolute Gasteiger partial charge is 0.375 e. The second-order valence-electron chi connectivity index (χ2n) is 4.44. The van der Waals surface area contributed by atoms with E-state index in [4.69, 9.17) is 4.52 Å². The summed E-state index contributed by atoms with van der Waals surface area (Å²) in [5, 5.41) is 4.12. The third-order valence-corrected chi connectivity index (χ3v) is 3.58. The van der Waals surface area contributed by atoms with Crippen LogP contribution in [-0.4, -0.2) is 16.6 Å². The molecule has 0 radical (unpaired) electrons. The Morgan fingerprint density at radius 2 is 2.32 bits per heavy atom. The van der Waals surface area contributed by atoms with Gasteiger partial charge in [-0.15, -0.1) is 4.57 Å². The number of anilines is 1. The summed E-state index contributed by atoms with van der Waals surface area (Å²) in [6, 6.07) is 5.31. The number of rotatable bonds is 3. The molecule has 0 saturated heterocycles. The first-order valence-corrected chi connectivity index (χ1v) is 6.81. The van der Waals surface area contributed by atoms with Crippen molar-refractivity contribution in [1.82, 2.24) is 9.56 Å². The molecule has 3 aromatic rings. The minimum Gasteiger partial charge on any atom is -0.375 e. The van der Waals surface area contributed by atoms with Crippen LogP contribution in [0.15, 0.2) is 38.3 Å². The number of nitrogens with zero attached hydrogens (tertiary/aromatic N) is 3. The standard InChI is InChI=1S/C13H13N3O2S/c1-9-5-12-14-11(6-13(17)16(12)18-9)15(2)7-10-3-4-19-8-10/h3-6,8H,7H2,1-2H3. The monoisotopic (exact) mass is 275 g/mol. The number of hydrogen-bond donors (Lipinski definition) is 0. The van der Waals surface area contributed by atoms with Crippen molar-refractivity contribution < 1.29 is 4.52 Å². The Hall–Kier alpha value is -2.08. The highest BCUT2D eigenvalue weighted by Gasteiger charge is 2.10. The Labute approximate surface area is 113 Å². The average molecular weight is 275 g/mol. The van der Waals surface area contributed by atoms with Gasteiger partial charge in [0.2, 0.25) is 0 Å². The van der Waals surface area contributed by atoms with E-state index in [0.717, 1.165) is 6.54 Å². The normalized spacial score (nSPS) is 11.1. The first kappa shape index (κ1) is 12.0. The Balaban J connectivity index is 1.98. The van der Waals surface area contributed by atoms with E-state index in [0.29, 0.717) is 17.2 Å². The summed E-state index contributed by atoms with van der Waals surface area (Å²) < 4.78 is 6.47. The number of aryl methyl sites for hydroxylation is 1. The highest BCUT2D eigenvalue weighted by atomic mass is 32.1. The molecule has 0 aliphatic heterocycles. The van der Waals surface area contributed by atoms with Gasteiger partial charge < -0.3 is 9.42 Å². The molecule has 0 aliphatic carbocycles. The Morgan fingerprint density at radius 1 is 1.47 bits per heavy atom. The molecule has 0 saturated carbocycles. The van der Waals surface area contributed by atoms with Gasteiger partial charge in [0.1, 0.15) is 11.6 Å². The van der Waals surface area contributed by atoms with Crippen LogP contribution in [0.3, 0.4) is 0 Å². The molecular weight excluding hydrogens is 262 g/mol. The maximum absolute atomic E-state index is 11.9. The van der Waals surface area contributed by atoms with Crippen LogP contribution in [0, 0.1) is 6.92 Å². The van der Waals surface area contributed by atoms with Gasteiger partial charge in [-0.1, -0.05) is 0 Å². The predicted octanol–water partition coefficient (Wildman–Crippen LogP) is 2.29. The molecule has 0 amide bonds. The maximum atomic E-state index is 11.9. The van der Waals surface area contributed by atoms with Crippen molar-refractivity contribution in [3.05, 3.63) is 50.6 Å². The van der Waals surface area contributed by atoms with Gasteiger partial charge in [0.25, 0.3) is 5.56 Å². The third kappa shape index (κ3) is 2.26. The molecule has 0 fully saturated rings. The fraction of sp³-hybridized carbons (Fsp3) is 0.231. The van der Waals surface area contributed by atoms with Crippen molar-refractivity contribution in [2.45, 2.75) is 13.5 Å². The van der Waals surface area contributed by atoms with E-state index in [2.05, 4.69) is 16.4 Å². The van der Waals surface area contributed by atoms with Crippen LogP contribution in [0.25, 0.3) is 5.65 Å². The Bertz CT molecular complexity index is 758. The van der Waals surface area contributed by atoms with E-state index in [1.54, 1.807) is 24.3 Å². The lowest BCUT2D eigenvalue weighted by Crippen LogP contribution is -2.21. The van der Waals surface area contributed by atoms with Crippen molar-refractivity contribution in [2.24, 2.45) is 0 Å². The number of thiophene rings is 1. The van der Waals surface area contributed by atoms with Gasteiger partial charge in [-0.05, 0) is 29.3 Å². The van der Waals surface area contributed by atoms with Gasteiger partial charge in [0.05, 0.1) is 0 Å². The second kappa shape index (κ2) is 4.55. The zero-order chi connectivity index (χ0) is 13.4. The van der Waals surface area contributed by atoms with Gasteiger partial charge in [-0.2, -0.15) is 11.3 Å². The number of hydrogen-bond acceptors (Lipinski definition) is 5. The fourth-order valence-corrected chi connectivity index (χ4v) is 2.60. The lowest BCUT2D eigenvalue weighted by Gasteiger charge is -2.16. The molecule has 3 aromatic heterocycles. The van der Waals surface area contributed by atoms with Crippen molar-refractivity contribution in [3.8, 4) is 0 Å². The highest BCUT2D eigenvalue weighted by Crippen LogP contribution is 2.15. The van der Waals surface area contributed by atoms with Crippen LogP contribution in [0.4, 0.5) is 5.82 Å². The van der Waals surface area contributed by atoms with Gasteiger partial charge >= 0.3 is 0 Å². The molecular formula is C13H13N3O2S. The molecule has 0 aliphatic rings. The summed E-state index contributed by atoms with van der Waals surface area (Å²) in [6.45, 7) is 2.52. The lowest BCUT2D eigenvalue weighted by molar-refractivity contribution is 0.345. The summed E-state index contributed by atoms with van der Waals surface area (Å²) in [5.41, 5.74) is 1.54. The molecule has 3 rings (SSSR count). The van der Waals surface area contributed by atoms with Crippen LogP contribution in [0.2, 0.25) is 0 Å². The van der Waals surface area contributed by atoms with E-state index in [1.807, 2.05) is 17.3 Å². The van der Waals surface area contributed by atoms with Crippen molar-refractivity contribution in [3.63, 3.8) is 0 Å². The van der Waals surface area contributed by atoms with E-state index < -0.39 is 0 Å². The van der Waals surface area contributed by atoms with E-state index >= 15 is 0 Å². The molecule has 0 N–H and O–H groups in total. The molecule has 5 nitrogen and oxygen atoms in total. The molecule has 6 heteroatoms. The molecule has 98 valence electrons. The van der Waals surface area contributed by atoms with Gasteiger partial charge in [0.15, 0.2) is 5.65 Å². The third-order valence-electron chi connectivity index (χ3n) is 2.85.